The summed E-state index contributed by atoms with van der Waals surface area (Å²) < 4.78 is 3.77. The number of aryl methyl sites for hydroxylation is 1. The van der Waals surface area contributed by atoms with Crippen molar-refractivity contribution >= 4 is 11.6 Å². The highest BCUT2D eigenvalue weighted by molar-refractivity contribution is 5.91. The summed E-state index contributed by atoms with van der Waals surface area (Å²) in [5, 5.41) is 11.5. The van der Waals surface area contributed by atoms with Crippen molar-refractivity contribution in [3.8, 4) is 0 Å². The van der Waals surface area contributed by atoms with Crippen LogP contribution in [0.2, 0.25) is 0 Å². The first-order valence-corrected chi connectivity index (χ1v) is 8.03. The van der Waals surface area contributed by atoms with Gasteiger partial charge < -0.3 is 5.32 Å². The Labute approximate surface area is 141 Å². The summed E-state index contributed by atoms with van der Waals surface area (Å²) >= 11 is 0. The average Bonchev–Trinajstić information content (AvgIpc) is 3.16. The van der Waals surface area contributed by atoms with Crippen LogP contribution >= 0.6 is 0 Å². The second kappa shape index (κ2) is 7.12. The van der Waals surface area contributed by atoms with Crippen molar-refractivity contribution < 1.29 is 4.79 Å². The predicted octanol–water partition coefficient (Wildman–Crippen LogP) is 2.64. The van der Waals surface area contributed by atoms with Crippen molar-refractivity contribution in [1.82, 2.24) is 19.6 Å². The third-order valence-corrected chi connectivity index (χ3v) is 3.96. The third kappa shape index (κ3) is 3.71. The number of nitrogens with one attached hydrogen (secondary N) is 1. The van der Waals surface area contributed by atoms with Gasteiger partial charge in [-0.15, -0.1) is 0 Å². The van der Waals surface area contributed by atoms with E-state index in [9.17, 15) is 4.79 Å². The Kier molecular flexibility index (Phi) is 4.74. The highest BCUT2D eigenvalue weighted by Gasteiger charge is 2.09. The van der Waals surface area contributed by atoms with E-state index < -0.39 is 0 Å². The van der Waals surface area contributed by atoms with E-state index >= 15 is 0 Å². The molecular weight excluding hydrogens is 302 g/mol. The summed E-state index contributed by atoms with van der Waals surface area (Å²) in [5.74, 6) is -0.0456. The summed E-state index contributed by atoms with van der Waals surface area (Å²) in [6, 6.07) is 9.68. The van der Waals surface area contributed by atoms with Crippen LogP contribution in [-0.4, -0.2) is 25.5 Å². The van der Waals surface area contributed by atoms with Crippen LogP contribution in [-0.2, 0) is 24.3 Å². The molecule has 0 aliphatic heterocycles. The standard InChI is InChI=1S/C18H21N5O/c1-3-23-14(2)16(10-20-23)12-22-13-17(11-19-22)21-18(24)9-15-7-5-4-6-8-15/h4-8,10-11,13H,3,9,12H2,1-2H3,(H,21,24). The van der Waals surface area contributed by atoms with Gasteiger partial charge in [0.2, 0.25) is 5.91 Å². The van der Waals surface area contributed by atoms with E-state index in [1.165, 1.54) is 0 Å². The van der Waals surface area contributed by atoms with Crippen LogP contribution in [0, 0.1) is 6.92 Å². The molecule has 6 nitrogen and oxygen atoms in total. The van der Waals surface area contributed by atoms with Gasteiger partial charge >= 0.3 is 0 Å². The minimum atomic E-state index is -0.0456. The van der Waals surface area contributed by atoms with Crippen molar-refractivity contribution in [2.75, 3.05) is 5.32 Å². The quantitative estimate of drug-likeness (QED) is 0.758. The lowest BCUT2D eigenvalue weighted by molar-refractivity contribution is -0.115. The Balaban J connectivity index is 1.61. The normalized spacial score (nSPS) is 10.8. The zero-order chi connectivity index (χ0) is 16.9. The van der Waals surface area contributed by atoms with E-state index in [-0.39, 0.29) is 5.91 Å². The molecule has 0 bridgehead atoms. The molecule has 1 aromatic carbocycles. The predicted molar refractivity (Wildman–Crippen MR) is 92.7 cm³/mol. The Bertz CT molecular complexity index is 819. The summed E-state index contributed by atoms with van der Waals surface area (Å²) in [6.45, 7) is 5.61. The molecule has 0 saturated carbocycles. The van der Waals surface area contributed by atoms with Crippen molar-refractivity contribution in [3.63, 3.8) is 0 Å². The number of nitrogens with zero attached hydrogens (tertiary/aromatic N) is 4. The lowest BCUT2D eigenvalue weighted by Gasteiger charge is -2.03. The molecule has 2 aromatic heterocycles. The SMILES string of the molecule is CCn1ncc(Cn2cc(NC(=O)Cc3ccccc3)cn2)c1C. The van der Waals surface area contributed by atoms with Crippen LogP contribution in [0.3, 0.4) is 0 Å². The molecule has 0 atom stereocenters. The lowest BCUT2D eigenvalue weighted by atomic mass is 10.1. The number of carbonyl (C=O) groups excluding carboxylic acids is 1. The van der Waals surface area contributed by atoms with Crippen LogP contribution in [0.25, 0.3) is 0 Å². The maximum absolute atomic E-state index is 12.1. The molecular formula is C18H21N5O. The molecule has 6 heteroatoms. The molecule has 0 unspecified atom stereocenters. The first kappa shape index (κ1) is 16.0. The first-order valence-electron chi connectivity index (χ1n) is 8.03. The van der Waals surface area contributed by atoms with Crippen LogP contribution in [0.5, 0.6) is 0 Å². The number of carbonyl (C=O) groups is 1. The van der Waals surface area contributed by atoms with E-state index in [4.69, 9.17) is 0 Å². The van der Waals surface area contributed by atoms with E-state index in [2.05, 4.69) is 29.4 Å². The Morgan fingerprint density at radius 2 is 1.96 bits per heavy atom. The number of aromatic nitrogens is 4. The minimum Gasteiger partial charge on any atom is -0.323 e. The van der Waals surface area contributed by atoms with Crippen molar-refractivity contribution in [3.05, 3.63) is 65.7 Å². The molecule has 24 heavy (non-hydrogen) atoms. The van der Waals surface area contributed by atoms with Gasteiger partial charge in [-0.05, 0) is 19.4 Å². The second-order valence-corrected chi connectivity index (χ2v) is 5.71. The van der Waals surface area contributed by atoms with Crippen molar-refractivity contribution in [1.29, 1.82) is 0 Å². The fourth-order valence-corrected chi connectivity index (χ4v) is 2.63. The van der Waals surface area contributed by atoms with E-state index in [1.54, 1.807) is 6.20 Å². The zero-order valence-corrected chi connectivity index (χ0v) is 13.9. The summed E-state index contributed by atoms with van der Waals surface area (Å²) in [6.07, 6.45) is 5.73. The van der Waals surface area contributed by atoms with Gasteiger partial charge in [0.05, 0.1) is 31.0 Å². The fourth-order valence-electron chi connectivity index (χ4n) is 2.63. The van der Waals surface area contributed by atoms with Gasteiger partial charge in [-0.1, -0.05) is 30.3 Å². The Morgan fingerprint density at radius 1 is 1.17 bits per heavy atom. The largest absolute Gasteiger partial charge is 0.323 e. The molecule has 1 N–H and O–H groups in total. The minimum absolute atomic E-state index is 0.0456. The van der Waals surface area contributed by atoms with Gasteiger partial charge in [-0.3, -0.25) is 14.2 Å². The maximum atomic E-state index is 12.1. The van der Waals surface area contributed by atoms with Gasteiger partial charge in [0.1, 0.15) is 0 Å². The Hall–Kier alpha value is -2.89. The third-order valence-electron chi connectivity index (χ3n) is 3.96. The molecule has 124 valence electrons. The van der Waals surface area contributed by atoms with E-state index in [1.807, 2.05) is 52.1 Å². The Morgan fingerprint density at radius 3 is 2.67 bits per heavy atom. The molecule has 1 amide bonds. The van der Waals surface area contributed by atoms with E-state index in [0.29, 0.717) is 18.7 Å². The summed E-state index contributed by atoms with van der Waals surface area (Å²) in [7, 11) is 0. The van der Waals surface area contributed by atoms with Gasteiger partial charge in [0, 0.05) is 24.0 Å². The highest BCUT2D eigenvalue weighted by atomic mass is 16.1. The smallest absolute Gasteiger partial charge is 0.228 e. The number of hydrogen-bond donors (Lipinski definition) is 1. The van der Waals surface area contributed by atoms with Crippen LogP contribution < -0.4 is 5.32 Å². The number of amides is 1. The molecule has 0 spiro atoms. The zero-order valence-electron chi connectivity index (χ0n) is 13.9. The number of anilines is 1. The first-order chi connectivity index (χ1) is 11.7. The molecule has 0 saturated heterocycles. The fraction of sp³-hybridized carbons (Fsp3) is 0.278. The van der Waals surface area contributed by atoms with Crippen LogP contribution in [0.1, 0.15) is 23.7 Å². The molecule has 2 heterocycles. The molecule has 0 radical (unpaired) electrons. The second-order valence-electron chi connectivity index (χ2n) is 5.71. The number of benzene rings is 1. The van der Waals surface area contributed by atoms with Gasteiger partial charge in [-0.25, -0.2) is 0 Å². The number of rotatable bonds is 6. The maximum Gasteiger partial charge on any atom is 0.228 e. The van der Waals surface area contributed by atoms with Crippen LogP contribution in [0.15, 0.2) is 48.9 Å². The van der Waals surface area contributed by atoms with Gasteiger partial charge in [0.25, 0.3) is 0 Å². The molecule has 0 aliphatic rings. The van der Waals surface area contributed by atoms with Gasteiger partial charge in [-0.2, -0.15) is 10.2 Å². The lowest BCUT2D eigenvalue weighted by Crippen LogP contribution is -2.13. The molecule has 0 fully saturated rings. The molecule has 3 aromatic rings. The van der Waals surface area contributed by atoms with Crippen LogP contribution in [0.4, 0.5) is 5.69 Å². The monoisotopic (exact) mass is 323 g/mol. The van der Waals surface area contributed by atoms with Crippen molar-refractivity contribution in [2.24, 2.45) is 0 Å². The van der Waals surface area contributed by atoms with Crippen molar-refractivity contribution in [2.45, 2.75) is 33.4 Å². The molecule has 0 aliphatic carbocycles. The summed E-state index contributed by atoms with van der Waals surface area (Å²) in [5.41, 5.74) is 3.96. The topological polar surface area (TPSA) is 64.7 Å². The molecule has 3 rings (SSSR count). The van der Waals surface area contributed by atoms with Gasteiger partial charge in [0.15, 0.2) is 0 Å². The highest BCUT2D eigenvalue weighted by Crippen LogP contribution is 2.12. The van der Waals surface area contributed by atoms with E-state index in [0.717, 1.165) is 23.4 Å². The average molecular weight is 323 g/mol. The number of hydrogen-bond acceptors (Lipinski definition) is 3. The summed E-state index contributed by atoms with van der Waals surface area (Å²) in [4.78, 5) is 12.1.